The van der Waals surface area contributed by atoms with Crippen molar-refractivity contribution in [1.29, 1.82) is 0 Å². The van der Waals surface area contributed by atoms with Gasteiger partial charge in [0.25, 0.3) is 0 Å². The van der Waals surface area contributed by atoms with E-state index in [4.69, 9.17) is 10.5 Å². The fourth-order valence-corrected chi connectivity index (χ4v) is 2.48. The Bertz CT molecular complexity index is 586. The van der Waals surface area contributed by atoms with Crippen molar-refractivity contribution in [3.05, 3.63) is 52.5 Å². The van der Waals surface area contributed by atoms with Gasteiger partial charge >= 0.3 is 0 Å². The summed E-state index contributed by atoms with van der Waals surface area (Å²) in [5, 5.41) is 3.44. The number of anilines is 2. The lowest BCUT2D eigenvalue weighted by Crippen LogP contribution is -2.07. The van der Waals surface area contributed by atoms with Crippen LogP contribution in [0, 0.1) is 0 Å². The minimum Gasteiger partial charge on any atom is -0.494 e. The molecule has 0 aliphatic rings. The summed E-state index contributed by atoms with van der Waals surface area (Å²) >= 11 is 3.49. The van der Waals surface area contributed by atoms with Crippen molar-refractivity contribution in [1.82, 2.24) is 0 Å². The SMILES string of the molecule is CCOc1cc(N)cc(NC(C)c2cccc(Br)c2)c1. The molecule has 0 fully saturated rings. The summed E-state index contributed by atoms with van der Waals surface area (Å²) in [5.74, 6) is 0.788. The molecule has 3 N–H and O–H groups in total. The van der Waals surface area contributed by atoms with Crippen LogP contribution in [0.3, 0.4) is 0 Å². The first-order valence-electron chi connectivity index (χ1n) is 6.64. The van der Waals surface area contributed by atoms with Gasteiger partial charge in [0.05, 0.1) is 6.61 Å². The van der Waals surface area contributed by atoms with E-state index in [0.29, 0.717) is 12.3 Å². The average Bonchev–Trinajstić information content (AvgIpc) is 2.38. The van der Waals surface area contributed by atoms with E-state index in [1.807, 2.05) is 37.3 Å². The largest absolute Gasteiger partial charge is 0.494 e. The highest BCUT2D eigenvalue weighted by molar-refractivity contribution is 9.10. The maximum Gasteiger partial charge on any atom is 0.123 e. The van der Waals surface area contributed by atoms with Crippen LogP contribution in [0.4, 0.5) is 11.4 Å². The monoisotopic (exact) mass is 334 g/mol. The molecule has 1 atom stereocenters. The number of nitrogen functional groups attached to an aromatic ring is 1. The van der Waals surface area contributed by atoms with E-state index in [-0.39, 0.29) is 6.04 Å². The molecule has 0 aromatic heterocycles. The van der Waals surface area contributed by atoms with E-state index in [1.165, 1.54) is 5.56 Å². The molecule has 0 bridgehead atoms. The highest BCUT2D eigenvalue weighted by Gasteiger charge is 2.07. The third-order valence-electron chi connectivity index (χ3n) is 2.97. The maximum absolute atomic E-state index is 5.90. The molecule has 0 saturated heterocycles. The van der Waals surface area contributed by atoms with Gasteiger partial charge in [-0.2, -0.15) is 0 Å². The zero-order valence-electron chi connectivity index (χ0n) is 11.7. The van der Waals surface area contributed by atoms with Crippen LogP contribution in [0.15, 0.2) is 46.9 Å². The van der Waals surface area contributed by atoms with Gasteiger partial charge in [0.15, 0.2) is 0 Å². The number of hydrogen-bond donors (Lipinski definition) is 2. The van der Waals surface area contributed by atoms with E-state index in [0.717, 1.165) is 15.9 Å². The zero-order chi connectivity index (χ0) is 14.5. The predicted octanol–water partition coefficient (Wildman–Crippen LogP) is 4.60. The first-order chi connectivity index (χ1) is 9.58. The van der Waals surface area contributed by atoms with Crippen molar-refractivity contribution < 1.29 is 4.74 Å². The Morgan fingerprint density at radius 3 is 2.75 bits per heavy atom. The van der Waals surface area contributed by atoms with Crippen molar-refractivity contribution in [3.63, 3.8) is 0 Å². The quantitative estimate of drug-likeness (QED) is 0.785. The van der Waals surface area contributed by atoms with Gasteiger partial charge in [0.1, 0.15) is 5.75 Å². The lowest BCUT2D eigenvalue weighted by atomic mass is 10.1. The van der Waals surface area contributed by atoms with Crippen molar-refractivity contribution >= 4 is 27.3 Å². The van der Waals surface area contributed by atoms with Crippen molar-refractivity contribution in [2.75, 3.05) is 17.7 Å². The Hall–Kier alpha value is -1.68. The number of rotatable bonds is 5. The summed E-state index contributed by atoms with van der Waals surface area (Å²) in [7, 11) is 0. The highest BCUT2D eigenvalue weighted by atomic mass is 79.9. The first-order valence-corrected chi connectivity index (χ1v) is 7.43. The second-order valence-electron chi connectivity index (χ2n) is 4.64. The lowest BCUT2D eigenvalue weighted by molar-refractivity contribution is 0.340. The summed E-state index contributed by atoms with van der Waals surface area (Å²) in [6.45, 7) is 4.70. The molecule has 2 aromatic rings. The van der Waals surface area contributed by atoms with Crippen LogP contribution in [0.2, 0.25) is 0 Å². The summed E-state index contributed by atoms with van der Waals surface area (Å²) in [5.41, 5.74) is 8.76. The molecule has 4 heteroatoms. The van der Waals surface area contributed by atoms with Gasteiger partial charge in [-0.3, -0.25) is 0 Å². The molecule has 0 radical (unpaired) electrons. The average molecular weight is 335 g/mol. The van der Waals surface area contributed by atoms with E-state index in [2.05, 4.69) is 40.3 Å². The minimum absolute atomic E-state index is 0.184. The molecule has 1 unspecified atom stereocenters. The molecular weight excluding hydrogens is 316 g/mol. The Kier molecular flexibility index (Phi) is 4.90. The van der Waals surface area contributed by atoms with Crippen LogP contribution < -0.4 is 15.8 Å². The third-order valence-corrected chi connectivity index (χ3v) is 3.46. The zero-order valence-corrected chi connectivity index (χ0v) is 13.3. The number of hydrogen-bond acceptors (Lipinski definition) is 3. The number of nitrogens with two attached hydrogens (primary N) is 1. The van der Waals surface area contributed by atoms with E-state index in [1.54, 1.807) is 0 Å². The summed E-state index contributed by atoms with van der Waals surface area (Å²) in [4.78, 5) is 0. The molecule has 0 aliphatic carbocycles. The molecule has 2 rings (SSSR count). The Morgan fingerprint density at radius 2 is 2.05 bits per heavy atom. The lowest BCUT2D eigenvalue weighted by Gasteiger charge is -2.17. The maximum atomic E-state index is 5.90. The molecule has 3 nitrogen and oxygen atoms in total. The molecule has 0 heterocycles. The predicted molar refractivity (Wildman–Crippen MR) is 88.2 cm³/mol. The van der Waals surface area contributed by atoms with Crippen LogP contribution in [-0.2, 0) is 0 Å². The number of halogens is 1. The first kappa shape index (κ1) is 14.7. The molecule has 0 spiro atoms. The summed E-state index contributed by atoms with van der Waals surface area (Å²) in [6, 6.07) is 14.1. The molecule has 0 saturated carbocycles. The van der Waals surface area contributed by atoms with Crippen molar-refractivity contribution in [2.45, 2.75) is 19.9 Å². The van der Waals surface area contributed by atoms with Crippen LogP contribution in [0.25, 0.3) is 0 Å². The van der Waals surface area contributed by atoms with E-state index >= 15 is 0 Å². The van der Waals surface area contributed by atoms with Crippen LogP contribution in [0.1, 0.15) is 25.5 Å². The van der Waals surface area contributed by atoms with E-state index in [9.17, 15) is 0 Å². The minimum atomic E-state index is 0.184. The topological polar surface area (TPSA) is 47.3 Å². The van der Waals surface area contributed by atoms with Gasteiger partial charge in [0.2, 0.25) is 0 Å². The van der Waals surface area contributed by atoms with Gasteiger partial charge in [-0.05, 0) is 37.6 Å². The number of benzene rings is 2. The smallest absolute Gasteiger partial charge is 0.123 e. The van der Waals surface area contributed by atoms with Crippen LogP contribution in [0.5, 0.6) is 5.75 Å². The Balaban J connectivity index is 2.16. The second kappa shape index (κ2) is 6.66. The number of ether oxygens (including phenoxy) is 1. The summed E-state index contributed by atoms with van der Waals surface area (Å²) < 4.78 is 6.58. The van der Waals surface area contributed by atoms with Crippen molar-refractivity contribution in [2.24, 2.45) is 0 Å². The van der Waals surface area contributed by atoms with Crippen LogP contribution in [-0.4, -0.2) is 6.61 Å². The van der Waals surface area contributed by atoms with Gasteiger partial charge in [-0.25, -0.2) is 0 Å². The molecule has 2 aromatic carbocycles. The number of nitrogens with one attached hydrogen (secondary N) is 1. The molecule has 106 valence electrons. The third kappa shape index (κ3) is 3.90. The van der Waals surface area contributed by atoms with Gasteiger partial charge in [-0.1, -0.05) is 28.1 Å². The Morgan fingerprint density at radius 1 is 1.25 bits per heavy atom. The van der Waals surface area contributed by atoms with Gasteiger partial charge in [-0.15, -0.1) is 0 Å². The highest BCUT2D eigenvalue weighted by Crippen LogP contribution is 2.27. The standard InChI is InChI=1S/C16H19BrN2O/c1-3-20-16-9-14(18)8-15(10-16)19-11(2)12-5-4-6-13(17)7-12/h4-11,19H,3,18H2,1-2H3. The van der Waals surface area contributed by atoms with Crippen LogP contribution >= 0.6 is 15.9 Å². The fourth-order valence-electron chi connectivity index (χ4n) is 2.06. The van der Waals surface area contributed by atoms with Gasteiger partial charge < -0.3 is 15.8 Å². The summed E-state index contributed by atoms with van der Waals surface area (Å²) in [6.07, 6.45) is 0. The second-order valence-corrected chi connectivity index (χ2v) is 5.56. The van der Waals surface area contributed by atoms with E-state index < -0.39 is 0 Å². The normalized spacial score (nSPS) is 11.9. The molecule has 0 aliphatic heterocycles. The van der Waals surface area contributed by atoms with Crippen molar-refractivity contribution in [3.8, 4) is 5.75 Å². The molecule has 0 amide bonds. The molecule has 20 heavy (non-hydrogen) atoms. The molecular formula is C16H19BrN2O. The Labute approximate surface area is 128 Å². The fraction of sp³-hybridized carbons (Fsp3) is 0.250. The van der Waals surface area contributed by atoms with Gasteiger partial charge in [0, 0.05) is 34.0 Å².